The van der Waals surface area contributed by atoms with Crippen LogP contribution in [0.2, 0.25) is 0 Å². The van der Waals surface area contributed by atoms with E-state index in [9.17, 15) is 23.1 Å². The van der Waals surface area contributed by atoms with Crippen LogP contribution in [-0.2, 0) is 32.5 Å². The van der Waals surface area contributed by atoms with Gasteiger partial charge in [0, 0.05) is 24.5 Å². The Hall–Kier alpha value is -3.52. The summed E-state index contributed by atoms with van der Waals surface area (Å²) in [6.07, 6.45) is -2.77. The second-order valence-corrected chi connectivity index (χ2v) is 13.9. The largest absolute Gasteiger partial charge is 0.497 e. The summed E-state index contributed by atoms with van der Waals surface area (Å²) in [6.45, 7) is 5.76. The molecule has 0 aliphatic carbocycles. The van der Waals surface area contributed by atoms with Gasteiger partial charge in [-0.25, -0.2) is 18.2 Å². The fraction of sp³-hybridized carbons (Fsp3) is 0.433. The van der Waals surface area contributed by atoms with E-state index in [1.807, 2.05) is 56.5 Å². The number of nitrogens with zero attached hydrogens (tertiary/aromatic N) is 3. The third-order valence-corrected chi connectivity index (χ3v) is 9.58. The summed E-state index contributed by atoms with van der Waals surface area (Å²) in [4.78, 5) is 31.7. The fourth-order valence-corrected chi connectivity index (χ4v) is 7.06. The molecule has 0 bridgehead atoms. The molecule has 13 heteroatoms. The molecular weight excluding hydrogens is 592 g/mol. The molecule has 3 aromatic rings. The number of ether oxygens (including phenoxy) is 2. The van der Waals surface area contributed by atoms with E-state index in [1.165, 1.54) is 39.8 Å². The Balaban J connectivity index is 1.52. The first-order valence-electron chi connectivity index (χ1n) is 14.0. The molecule has 0 saturated carbocycles. The number of sulfonamides is 1. The van der Waals surface area contributed by atoms with E-state index in [-0.39, 0.29) is 43.4 Å². The molecule has 0 radical (unpaired) electrons. The fourth-order valence-electron chi connectivity index (χ4n) is 4.80. The molecule has 2 N–H and O–H groups in total. The van der Waals surface area contributed by atoms with Crippen LogP contribution in [0.3, 0.4) is 0 Å². The van der Waals surface area contributed by atoms with Crippen LogP contribution < -0.4 is 10.1 Å². The molecule has 1 fully saturated rings. The van der Waals surface area contributed by atoms with E-state index in [1.54, 1.807) is 12.1 Å². The van der Waals surface area contributed by atoms with Crippen LogP contribution in [0.15, 0.2) is 64.9 Å². The Morgan fingerprint density at radius 1 is 1.21 bits per heavy atom. The lowest BCUT2D eigenvalue weighted by Crippen LogP contribution is -2.53. The Bertz CT molecular complexity index is 1500. The van der Waals surface area contributed by atoms with Crippen LogP contribution >= 0.6 is 11.3 Å². The van der Waals surface area contributed by atoms with Gasteiger partial charge in [0.05, 0.1) is 47.9 Å². The lowest BCUT2D eigenvalue weighted by molar-refractivity contribution is -0.129. The van der Waals surface area contributed by atoms with Crippen LogP contribution in [0.25, 0.3) is 0 Å². The molecule has 3 atom stereocenters. The Kier molecular flexibility index (Phi) is 10.8. The van der Waals surface area contributed by atoms with Gasteiger partial charge in [0.15, 0.2) is 6.10 Å². The van der Waals surface area contributed by atoms with Crippen molar-refractivity contribution in [2.24, 2.45) is 5.92 Å². The topological polar surface area (TPSA) is 138 Å². The van der Waals surface area contributed by atoms with Crippen molar-refractivity contribution < 1.29 is 32.6 Å². The van der Waals surface area contributed by atoms with Crippen LogP contribution in [0.4, 0.5) is 4.79 Å². The summed E-state index contributed by atoms with van der Waals surface area (Å²) >= 11 is 1.47. The van der Waals surface area contributed by atoms with Crippen molar-refractivity contribution in [3.05, 3.63) is 76.2 Å². The zero-order valence-electron chi connectivity index (χ0n) is 24.7. The summed E-state index contributed by atoms with van der Waals surface area (Å²) in [7, 11) is -2.56. The number of rotatable bonds is 14. The third kappa shape index (κ3) is 8.53. The zero-order valence-corrected chi connectivity index (χ0v) is 26.3. The molecule has 2 aromatic carbocycles. The number of thiazole rings is 1. The molecule has 2 unspecified atom stereocenters. The highest BCUT2D eigenvalue weighted by molar-refractivity contribution is 7.89. The number of aromatic nitrogens is 1. The minimum absolute atomic E-state index is 0.0269. The first-order valence-corrected chi connectivity index (χ1v) is 16.3. The quantitative estimate of drug-likeness (QED) is 0.277. The van der Waals surface area contributed by atoms with Crippen LogP contribution in [0.1, 0.15) is 30.1 Å². The molecule has 1 aromatic heterocycles. The van der Waals surface area contributed by atoms with Crippen LogP contribution in [-0.4, -0.2) is 84.7 Å². The third-order valence-electron chi connectivity index (χ3n) is 6.93. The molecular formula is C30H38N4O7S2. The number of cyclic esters (lactones) is 1. The second-order valence-electron chi connectivity index (χ2n) is 10.9. The number of benzene rings is 2. The average Bonchev–Trinajstić information content (AvgIpc) is 3.57. The maximum absolute atomic E-state index is 13.7. The molecule has 2 amide bonds. The van der Waals surface area contributed by atoms with Crippen molar-refractivity contribution in [3.8, 4) is 5.75 Å². The highest BCUT2D eigenvalue weighted by Gasteiger charge is 2.38. The molecule has 43 heavy (non-hydrogen) atoms. The Morgan fingerprint density at radius 2 is 1.95 bits per heavy atom. The van der Waals surface area contributed by atoms with E-state index < -0.39 is 40.3 Å². The Morgan fingerprint density at radius 3 is 2.60 bits per heavy atom. The van der Waals surface area contributed by atoms with Crippen LogP contribution in [0, 0.1) is 12.8 Å². The van der Waals surface area contributed by atoms with E-state index in [4.69, 9.17) is 9.47 Å². The number of aryl methyl sites for hydroxylation is 1. The minimum Gasteiger partial charge on any atom is -0.497 e. The molecule has 4 rings (SSSR count). The number of carbonyl (C=O) groups excluding carboxylic acids is 2. The van der Waals surface area contributed by atoms with Gasteiger partial charge < -0.3 is 19.9 Å². The summed E-state index contributed by atoms with van der Waals surface area (Å²) in [5.74, 6) is -0.220. The molecule has 11 nitrogen and oxygen atoms in total. The lowest BCUT2D eigenvalue weighted by atomic mass is 10.0. The summed E-state index contributed by atoms with van der Waals surface area (Å²) < 4.78 is 39.2. The minimum atomic E-state index is -4.02. The smallest absolute Gasteiger partial charge is 0.411 e. The Labute approximate surface area is 256 Å². The van der Waals surface area contributed by atoms with E-state index in [0.29, 0.717) is 11.4 Å². The number of aliphatic hydroxyl groups excluding tert-OH is 1. The molecule has 1 aliphatic rings. The zero-order chi connectivity index (χ0) is 31.1. The van der Waals surface area contributed by atoms with Crippen molar-refractivity contribution in [1.82, 2.24) is 19.5 Å². The number of amides is 2. The number of hydrogen-bond donors (Lipinski definition) is 2. The molecule has 232 valence electrons. The van der Waals surface area contributed by atoms with Gasteiger partial charge in [0.25, 0.3) is 5.91 Å². The van der Waals surface area contributed by atoms with Crippen molar-refractivity contribution in [2.45, 2.75) is 56.9 Å². The van der Waals surface area contributed by atoms with Crippen molar-refractivity contribution >= 4 is 33.4 Å². The number of nitrogens with one attached hydrogen (secondary N) is 1. The van der Waals surface area contributed by atoms with E-state index in [2.05, 4.69) is 10.3 Å². The maximum atomic E-state index is 13.7. The van der Waals surface area contributed by atoms with Gasteiger partial charge in [0.1, 0.15) is 5.75 Å². The summed E-state index contributed by atoms with van der Waals surface area (Å²) in [6, 6.07) is 14.5. The summed E-state index contributed by atoms with van der Waals surface area (Å²) in [5, 5.41) is 17.0. The standard InChI is InChI=1S/C30H38N4O7S2/c1-20(2)15-34(43(38,39)25-12-8-11-24(14-25)40-4)17-27(35)26(13-22-9-6-5-7-10-22)32-29(36)28-18-33(30(37)41-28)16-23-19-42-21(3)31-23/h5-12,14,19-20,26-28,35H,13,15-18H2,1-4H3,(H,32,36)/t26?,27?,28-/m0/s1. The second kappa shape index (κ2) is 14.3. The predicted molar refractivity (Wildman–Crippen MR) is 162 cm³/mol. The van der Waals surface area contributed by atoms with Gasteiger partial charge in [-0.15, -0.1) is 11.3 Å². The van der Waals surface area contributed by atoms with Gasteiger partial charge >= 0.3 is 6.09 Å². The molecule has 1 aliphatic heterocycles. The summed E-state index contributed by atoms with van der Waals surface area (Å²) in [5.41, 5.74) is 1.54. The van der Waals surface area contributed by atoms with Crippen molar-refractivity contribution in [3.63, 3.8) is 0 Å². The highest BCUT2D eigenvalue weighted by Crippen LogP contribution is 2.23. The average molecular weight is 631 g/mol. The van der Waals surface area contributed by atoms with Crippen LogP contribution in [0.5, 0.6) is 5.75 Å². The molecule has 0 spiro atoms. The van der Waals surface area contributed by atoms with E-state index >= 15 is 0 Å². The predicted octanol–water partition coefficient (Wildman–Crippen LogP) is 3.22. The van der Waals surface area contributed by atoms with Gasteiger partial charge in [-0.05, 0) is 37.0 Å². The first kappa shape index (κ1) is 32.4. The lowest BCUT2D eigenvalue weighted by Gasteiger charge is -2.31. The highest BCUT2D eigenvalue weighted by atomic mass is 32.2. The molecule has 1 saturated heterocycles. The van der Waals surface area contributed by atoms with Gasteiger partial charge in [0.2, 0.25) is 10.0 Å². The van der Waals surface area contributed by atoms with Crippen molar-refractivity contribution in [2.75, 3.05) is 26.7 Å². The number of aliphatic hydroxyl groups is 1. The van der Waals surface area contributed by atoms with Gasteiger partial charge in [-0.2, -0.15) is 4.31 Å². The SMILES string of the molecule is COc1cccc(S(=O)(=O)N(CC(C)C)CC(O)C(Cc2ccccc2)NC(=O)[C@@H]2CN(Cc3csc(C)n3)C(=O)O2)c1. The maximum Gasteiger partial charge on any atom is 0.411 e. The normalized spacial score (nSPS) is 16.8. The number of carbonyl (C=O) groups is 2. The molecule has 2 heterocycles. The van der Waals surface area contributed by atoms with Gasteiger partial charge in [-0.3, -0.25) is 9.69 Å². The first-order chi connectivity index (χ1) is 20.5. The number of hydrogen-bond acceptors (Lipinski definition) is 9. The van der Waals surface area contributed by atoms with Gasteiger partial charge in [-0.1, -0.05) is 50.2 Å². The number of methoxy groups -OCH3 is 1. The monoisotopic (exact) mass is 630 g/mol. The van der Waals surface area contributed by atoms with E-state index in [0.717, 1.165) is 10.6 Å². The van der Waals surface area contributed by atoms with Crippen molar-refractivity contribution in [1.29, 1.82) is 0 Å².